The first-order valence-corrected chi connectivity index (χ1v) is 11.3. The second kappa shape index (κ2) is 7.00. The van der Waals surface area contributed by atoms with E-state index in [4.69, 9.17) is 0 Å². The number of aliphatic hydroxyl groups excluding tert-OH is 1. The van der Waals surface area contributed by atoms with E-state index in [1.807, 2.05) is 34.7 Å². The van der Waals surface area contributed by atoms with Crippen molar-refractivity contribution in [3.63, 3.8) is 0 Å². The molecule has 1 saturated heterocycles. The molecule has 0 amide bonds. The first-order chi connectivity index (χ1) is 14.4. The van der Waals surface area contributed by atoms with Gasteiger partial charge in [-0.3, -0.25) is 4.40 Å². The van der Waals surface area contributed by atoms with Gasteiger partial charge in [-0.25, -0.2) is 17.9 Å². The highest BCUT2D eigenvalue weighted by Crippen LogP contribution is 2.23. The molecule has 1 fully saturated rings. The van der Waals surface area contributed by atoms with E-state index in [0.29, 0.717) is 18.9 Å². The summed E-state index contributed by atoms with van der Waals surface area (Å²) in [6, 6.07) is 9.26. The largest absolute Gasteiger partial charge is 0.390 e. The summed E-state index contributed by atoms with van der Waals surface area (Å²) in [5.41, 5.74) is 3.26. The van der Waals surface area contributed by atoms with Crippen molar-refractivity contribution in [1.29, 1.82) is 0 Å². The minimum Gasteiger partial charge on any atom is -0.390 e. The van der Waals surface area contributed by atoms with Crippen LogP contribution in [-0.2, 0) is 10.0 Å². The number of aromatic nitrogens is 6. The van der Waals surface area contributed by atoms with Gasteiger partial charge in [0.15, 0.2) is 5.65 Å². The lowest BCUT2D eigenvalue weighted by Crippen LogP contribution is -2.51. The number of rotatable bonds is 4. The number of hydrogen-bond acceptors (Lipinski definition) is 8. The summed E-state index contributed by atoms with van der Waals surface area (Å²) in [5, 5.41) is 26.2. The van der Waals surface area contributed by atoms with Crippen LogP contribution in [0.4, 0.5) is 5.95 Å². The highest BCUT2D eigenvalue weighted by molar-refractivity contribution is 7.88. The van der Waals surface area contributed by atoms with Gasteiger partial charge in [0.25, 0.3) is 0 Å². The number of piperidine rings is 1. The third-order valence-electron chi connectivity index (χ3n) is 5.32. The molecule has 0 unspecified atom stereocenters. The van der Waals surface area contributed by atoms with E-state index in [1.54, 1.807) is 17.0 Å². The summed E-state index contributed by atoms with van der Waals surface area (Å²) in [6.45, 7) is 0.378. The lowest BCUT2D eigenvalue weighted by molar-refractivity contribution is 0.0950. The van der Waals surface area contributed by atoms with Crippen molar-refractivity contribution in [3.8, 4) is 11.4 Å². The van der Waals surface area contributed by atoms with Crippen molar-refractivity contribution in [2.45, 2.75) is 18.6 Å². The number of sulfonamides is 1. The topological polar surface area (TPSA) is 130 Å². The third kappa shape index (κ3) is 3.28. The van der Waals surface area contributed by atoms with Gasteiger partial charge in [-0.15, -0.1) is 15.3 Å². The van der Waals surface area contributed by atoms with Crippen LogP contribution in [0.1, 0.15) is 6.42 Å². The number of nitrogens with zero attached hydrogens (tertiary/aromatic N) is 7. The van der Waals surface area contributed by atoms with Gasteiger partial charge in [-0.2, -0.15) is 4.31 Å². The summed E-state index contributed by atoms with van der Waals surface area (Å²) >= 11 is 0. The van der Waals surface area contributed by atoms with Gasteiger partial charge >= 0.3 is 0 Å². The zero-order chi connectivity index (χ0) is 20.9. The second-order valence-electron chi connectivity index (χ2n) is 7.34. The molecule has 2 N–H and O–H groups in total. The van der Waals surface area contributed by atoms with E-state index in [9.17, 15) is 13.5 Å². The SMILES string of the molecule is CS(=O)(=O)N1CC[C@@H](Nc2ncc3ccc(-c4cccc5nncn45)n3n2)[C@H](O)C1. The minimum atomic E-state index is -3.33. The Bertz CT molecular complexity index is 1330. The van der Waals surface area contributed by atoms with Gasteiger partial charge in [0.1, 0.15) is 6.33 Å². The first-order valence-electron chi connectivity index (χ1n) is 9.44. The number of hydrogen-bond donors (Lipinski definition) is 2. The summed E-state index contributed by atoms with van der Waals surface area (Å²) < 4.78 is 28.4. The number of β-amino-alcohol motifs (C(OH)–C–C–N with tert-alkyl or cyclic N) is 1. The molecule has 12 heteroatoms. The van der Waals surface area contributed by atoms with E-state index in [-0.39, 0.29) is 12.6 Å². The quantitative estimate of drug-likeness (QED) is 0.473. The fourth-order valence-corrected chi connectivity index (χ4v) is 4.62. The van der Waals surface area contributed by atoms with Gasteiger partial charge in [0.2, 0.25) is 16.0 Å². The smallest absolute Gasteiger partial charge is 0.241 e. The molecule has 2 atom stereocenters. The van der Waals surface area contributed by atoms with Gasteiger partial charge in [-0.1, -0.05) is 6.07 Å². The fraction of sp³-hybridized carbons (Fsp3) is 0.333. The molecular formula is C18H20N8O3S. The predicted octanol–water partition coefficient (Wildman–Crippen LogP) is 0.246. The standard InChI is InChI=1S/C18H20N8O3S/c1-30(28,29)24-8-7-13(16(27)10-24)21-18-19-9-12-5-6-15(26(12)23-18)14-3-2-4-17-22-20-11-25(14)17/h2-6,9,11,13,16,27H,7-8,10H2,1H3,(H,21,23)/t13-,16-/m1/s1. The summed E-state index contributed by atoms with van der Waals surface area (Å²) in [4.78, 5) is 4.35. The zero-order valence-corrected chi connectivity index (χ0v) is 16.9. The Morgan fingerprint density at radius 2 is 2.07 bits per heavy atom. The van der Waals surface area contributed by atoms with E-state index >= 15 is 0 Å². The molecule has 5 rings (SSSR count). The molecule has 4 aromatic rings. The van der Waals surface area contributed by atoms with Crippen LogP contribution in [-0.4, -0.2) is 78.5 Å². The highest BCUT2D eigenvalue weighted by Gasteiger charge is 2.32. The molecule has 156 valence electrons. The molecule has 5 heterocycles. The van der Waals surface area contributed by atoms with Crippen molar-refractivity contribution in [2.75, 3.05) is 24.7 Å². The van der Waals surface area contributed by atoms with Crippen molar-refractivity contribution in [2.24, 2.45) is 0 Å². The maximum absolute atomic E-state index is 11.7. The molecule has 30 heavy (non-hydrogen) atoms. The summed E-state index contributed by atoms with van der Waals surface area (Å²) in [5.74, 6) is 0.354. The Kier molecular flexibility index (Phi) is 4.41. The van der Waals surface area contributed by atoms with Crippen LogP contribution in [0.5, 0.6) is 0 Å². The molecule has 11 nitrogen and oxygen atoms in total. The molecule has 0 aromatic carbocycles. The number of anilines is 1. The minimum absolute atomic E-state index is 0.0448. The molecule has 1 aliphatic rings. The molecule has 0 spiro atoms. The Hall–Kier alpha value is -3.09. The van der Waals surface area contributed by atoms with Gasteiger partial charge in [-0.05, 0) is 30.7 Å². The lowest BCUT2D eigenvalue weighted by Gasteiger charge is -2.34. The van der Waals surface area contributed by atoms with Crippen LogP contribution in [0.2, 0.25) is 0 Å². The van der Waals surface area contributed by atoms with Gasteiger partial charge < -0.3 is 10.4 Å². The van der Waals surface area contributed by atoms with Crippen molar-refractivity contribution in [1.82, 2.24) is 33.5 Å². The van der Waals surface area contributed by atoms with E-state index in [2.05, 4.69) is 25.6 Å². The average molecular weight is 428 g/mol. The summed E-state index contributed by atoms with van der Waals surface area (Å²) in [6.07, 6.45) is 4.09. The molecular weight excluding hydrogens is 408 g/mol. The lowest BCUT2D eigenvalue weighted by atomic mass is 10.0. The maximum atomic E-state index is 11.7. The molecule has 0 saturated carbocycles. The molecule has 0 bridgehead atoms. The monoisotopic (exact) mass is 428 g/mol. The fourth-order valence-electron chi connectivity index (χ4n) is 3.76. The highest BCUT2D eigenvalue weighted by atomic mass is 32.2. The van der Waals surface area contributed by atoms with E-state index in [0.717, 1.165) is 28.8 Å². The number of pyridine rings is 1. The molecule has 4 aromatic heterocycles. The van der Waals surface area contributed by atoms with Crippen molar-refractivity contribution >= 4 is 27.1 Å². The Labute approximate surface area is 172 Å². The van der Waals surface area contributed by atoms with Crippen LogP contribution in [0, 0.1) is 0 Å². The van der Waals surface area contributed by atoms with Crippen LogP contribution in [0.25, 0.3) is 22.6 Å². The van der Waals surface area contributed by atoms with Gasteiger partial charge in [0.05, 0.1) is 41.5 Å². The Morgan fingerprint density at radius 1 is 1.20 bits per heavy atom. The molecule has 1 aliphatic heterocycles. The van der Waals surface area contributed by atoms with Crippen LogP contribution >= 0.6 is 0 Å². The van der Waals surface area contributed by atoms with E-state index in [1.165, 1.54) is 4.31 Å². The third-order valence-corrected chi connectivity index (χ3v) is 6.59. The predicted molar refractivity (Wildman–Crippen MR) is 109 cm³/mol. The molecule has 0 aliphatic carbocycles. The maximum Gasteiger partial charge on any atom is 0.241 e. The Balaban J connectivity index is 1.45. The van der Waals surface area contributed by atoms with E-state index < -0.39 is 16.1 Å². The zero-order valence-electron chi connectivity index (χ0n) is 16.1. The Morgan fingerprint density at radius 3 is 2.87 bits per heavy atom. The number of nitrogens with one attached hydrogen (secondary N) is 1. The second-order valence-corrected chi connectivity index (χ2v) is 9.32. The van der Waals surface area contributed by atoms with Crippen molar-refractivity contribution < 1.29 is 13.5 Å². The summed E-state index contributed by atoms with van der Waals surface area (Å²) in [7, 11) is -3.33. The number of fused-ring (bicyclic) bond motifs is 2. The number of aliphatic hydroxyl groups is 1. The first kappa shape index (κ1) is 18.9. The normalized spacial score (nSPS) is 20.7. The van der Waals surface area contributed by atoms with Crippen LogP contribution in [0.3, 0.4) is 0 Å². The van der Waals surface area contributed by atoms with Crippen LogP contribution in [0.15, 0.2) is 42.9 Å². The van der Waals surface area contributed by atoms with Crippen LogP contribution < -0.4 is 5.32 Å². The average Bonchev–Trinajstić information content (AvgIpc) is 3.35. The molecule has 0 radical (unpaired) electrons. The van der Waals surface area contributed by atoms with Gasteiger partial charge in [0, 0.05) is 13.1 Å². The van der Waals surface area contributed by atoms with Crippen molar-refractivity contribution in [3.05, 3.63) is 42.9 Å².